The van der Waals surface area contributed by atoms with Crippen LogP contribution in [0.3, 0.4) is 0 Å². The summed E-state index contributed by atoms with van der Waals surface area (Å²) in [6.45, 7) is 4.85. The second kappa shape index (κ2) is 9.46. The van der Waals surface area contributed by atoms with Gasteiger partial charge in [0.2, 0.25) is 0 Å². The maximum atomic E-state index is 13.2. The number of hydrogen-bond donors (Lipinski definition) is 0. The average Bonchev–Trinajstić information content (AvgIpc) is 3.20. The number of carbonyl (C=O) groups is 1. The maximum Gasteiger partial charge on any atom is 0.187 e. The summed E-state index contributed by atoms with van der Waals surface area (Å²) in [7, 11) is 0. The molecular weight excluding hydrogens is 372 g/mol. The largest absolute Gasteiger partial charge is 0.289 e. The Morgan fingerprint density at radius 2 is 1.47 bits per heavy atom. The van der Waals surface area contributed by atoms with Crippen molar-refractivity contribution in [3.63, 3.8) is 0 Å². The van der Waals surface area contributed by atoms with E-state index in [2.05, 4.69) is 22.1 Å². The fourth-order valence-corrected chi connectivity index (χ4v) is 3.70. The zero-order chi connectivity index (χ0) is 20.8. The molecule has 152 valence electrons. The van der Waals surface area contributed by atoms with Crippen LogP contribution in [0.4, 0.5) is 0 Å². The summed E-state index contributed by atoms with van der Waals surface area (Å²) in [4.78, 5) is 15.5. The third kappa shape index (κ3) is 4.99. The van der Waals surface area contributed by atoms with Gasteiger partial charge in [-0.1, -0.05) is 72.8 Å². The number of aromatic nitrogens is 3. The monoisotopic (exact) mass is 398 g/mol. The van der Waals surface area contributed by atoms with Gasteiger partial charge in [0.05, 0.1) is 5.69 Å². The lowest BCUT2D eigenvalue weighted by Gasteiger charge is -2.29. The number of benzene rings is 2. The van der Waals surface area contributed by atoms with Crippen LogP contribution < -0.4 is 0 Å². The van der Waals surface area contributed by atoms with E-state index in [1.54, 1.807) is 0 Å². The molecule has 0 spiro atoms. The van der Waals surface area contributed by atoms with Crippen molar-refractivity contribution in [3.05, 3.63) is 94.8 Å². The van der Waals surface area contributed by atoms with Gasteiger partial charge in [-0.3, -0.25) is 14.4 Å². The highest BCUT2D eigenvalue weighted by molar-refractivity contribution is 6.14. The molecule has 0 unspecified atom stereocenters. The van der Waals surface area contributed by atoms with Crippen LogP contribution in [0.2, 0.25) is 0 Å². The first-order valence-corrected chi connectivity index (χ1v) is 10.4. The van der Waals surface area contributed by atoms with E-state index in [9.17, 15) is 4.79 Å². The third-order valence-electron chi connectivity index (χ3n) is 5.08. The highest BCUT2D eigenvalue weighted by Gasteiger charge is 2.26. The van der Waals surface area contributed by atoms with Gasteiger partial charge in [-0.25, -0.2) is 0 Å². The van der Waals surface area contributed by atoms with Gasteiger partial charge >= 0.3 is 0 Å². The van der Waals surface area contributed by atoms with Crippen LogP contribution in [0.1, 0.15) is 30.2 Å². The van der Waals surface area contributed by atoms with Crippen molar-refractivity contribution in [2.75, 3.05) is 13.1 Å². The Kier molecular flexibility index (Phi) is 6.30. The molecule has 0 bridgehead atoms. The van der Waals surface area contributed by atoms with Crippen molar-refractivity contribution in [1.82, 2.24) is 19.9 Å². The molecule has 0 N–H and O–H groups in total. The van der Waals surface area contributed by atoms with E-state index in [4.69, 9.17) is 0 Å². The smallest absolute Gasteiger partial charge is 0.187 e. The Morgan fingerprint density at radius 1 is 0.900 bits per heavy atom. The topological polar surface area (TPSA) is 51.0 Å². The molecule has 5 heteroatoms. The molecule has 1 aliphatic heterocycles. The number of hydrogen-bond acceptors (Lipinski definition) is 4. The number of Topliss-reactive ketones (excluding diaryl/α,β-unsaturated/α-hetero) is 1. The van der Waals surface area contributed by atoms with Crippen molar-refractivity contribution < 1.29 is 4.79 Å². The van der Waals surface area contributed by atoms with Gasteiger partial charge in [0, 0.05) is 43.5 Å². The van der Waals surface area contributed by atoms with Crippen molar-refractivity contribution in [2.45, 2.75) is 26.4 Å². The summed E-state index contributed by atoms with van der Waals surface area (Å²) in [5, 5.41) is 8.52. The van der Waals surface area contributed by atoms with Crippen LogP contribution >= 0.6 is 0 Å². The fourth-order valence-electron chi connectivity index (χ4n) is 3.70. The van der Waals surface area contributed by atoms with E-state index in [0.29, 0.717) is 19.6 Å². The summed E-state index contributed by atoms with van der Waals surface area (Å²) >= 11 is 0. The maximum absolute atomic E-state index is 13.2. The molecule has 0 saturated carbocycles. The lowest BCUT2D eigenvalue weighted by Crippen LogP contribution is -2.37. The van der Waals surface area contributed by atoms with Crippen molar-refractivity contribution in [2.24, 2.45) is 0 Å². The molecular formula is C25H26N4O. The number of carbonyl (C=O) groups excluding carboxylic acids is 1. The van der Waals surface area contributed by atoms with E-state index in [1.807, 2.05) is 83.7 Å². The normalized spacial score (nSPS) is 17.7. The molecule has 3 aromatic rings. The molecule has 2 heterocycles. The number of likely N-dealkylation sites (tertiary alicyclic amines) is 1. The summed E-state index contributed by atoms with van der Waals surface area (Å²) in [6, 6.07) is 20.0. The number of piperidine rings is 1. The van der Waals surface area contributed by atoms with E-state index in [1.165, 1.54) is 0 Å². The first kappa shape index (κ1) is 20.0. The Labute approximate surface area is 177 Å². The summed E-state index contributed by atoms with van der Waals surface area (Å²) in [5.74, 6) is 0.119. The average molecular weight is 399 g/mol. The minimum absolute atomic E-state index is 0.119. The Hall–Kier alpha value is -3.31. The first-order chi connectivity index (χ1) is 14.7. The zero-order valence-electron chi connectivity index (χ0n) is 17.2. The molecule has 1 aromatic heterocycles. The first-order valence-electron chi connectivity index (χ1n) is 10.4. The molecule has 4 rings (SSSR count). The quantitative estimate of drug-likeness (QED) is 0.583. The molecule has 30 heavy (non-hydrogen) atoms. The zero-order valence-corrected chi connectivity index (χ0v) is 17.2. The second-order valence-corrected chi connectivity index (χ2v) is 7.61. The Balaban J connectivity index is 1.62. The van der Waals surface area contributed by atoms with Crippen LogP contribution in [0.25, 0.3) is 12.2 Å². The fraction of sp³-hybridized carbons (Fsp3) is 0.240. The molecule has 1 fully saturated rings. The van der Waals surface area contributed by atoms with Crippen LogP contribution in [0.5, 0.6) is 0 Å². The minimum Gasteiger partial charge on any atom is -0.289 e. The van der Waals surface area contributed by atoms with Gasteiger partial charge in [-0.15, -0.1) is 5.10 Å². The molecule has 0 aliphatic carbocycles. The predicted octanol–water partition coefficient (Wildman–Crippen LogP) is 4.24. The highest BCUT2D eigenvalue weighted by Crippen LogP contribution is 2.23. The lowest BCUT2D eigenvalue weighted by atomic mass is 9.94. The number of ketones is 1. The van der Waals surface area contributed by atoms with Crippen LogP contribution in [-0.4, -0.2) is 38.8 Å². The number of aryl methyl sites for hydroxylation is 1. The van der Waals surface area contributed by atoms with Crippen LogP contribution in [0, 0.1) is 0 Å². The minimum atomic E-state index is 0.119. The van der Waals surface area contributed by atoms with Crippen molar-refractivity contribution >= 4 is 17.9 Å². The second-order valence-electron chi connectivity index (χ2n) is 7.61. The third-order valence-corrected chi connectivity index (χ3v) is 5.08. The molecule has 0 amide bonds. The van der Waals surface area contributed by atoms with Crippen molar-refractivity contribution in [1.29, 1.82) is 0 Å². The van der Waals surface area contributed by atoms with E-state index >= 15 is 0 Å². The SMILES string of the molecule is CCCn1cc(CN2C/C(=C\c3ccccc3)C(=O)/C(=C/c3ccccc3)C2)nn1. The summed E-state index contributed by atoms with van der Waals surface area (Å²) < 4.78 is 1.88. The van der Waals surface area contributed by atoms with Gasteiger partial charge in [0.15, 0.2) is 5.78 Å². The molecule has 5 nitrogen and oxygen atoms in total. The van der Waals surface area contributed by atoms with Gasteiger partial charge in [-0.05, 0) is 29.7 Å². The van der Waals surface area contributed by atoms with E-state index < -0.39 is 0 Å². The Morgan fingerprint density at radius 3 is 2.00 bits per heavy atom. The Bertz CT molecular complexity index is 990. The molecule has 0 atom stereocenters. The van der Waals surface area contributed by atoms with Crippen molar-refractivity contribution in [3.8, 4) is 0 Å². The molecule has 1 aliphatic rings. The van der Waals surface area contributed by atoms with Gasteiger partial charge in [0.25, 0.3) is 0 Å². The predicted molar refractivity (Wildman–Crippen MR) is 119 cm³/mol. The standard InChI is InChI=1S/C25H26N4O/c1-2-13-29-19-24(26-27-29)18-28-16-22(14-20-9-5-3-6-10-20)25(30)23(17-28)15-21-11-7-4-8-12-21/h3-12,14-15,19H,2,13,16-18H2,1H3/b22-14+,23-15+. The molecule has 0 radical (unpaired) electrons. The van der Waals surface area contributed by atoms with Gasteiger partial charge in [0.1, 0.15) is 0 Å². The van der Waals surface area contributed by atoms with Crippen LogP contribution in [0.15, 0.2) is 78.0 Å². The molecule has 2 aromatic carbocycles. The van der Waals surface area contributed by atoms with Crippen LogP contribution in [-0.2, 0) is 17.9 Å². The van der Waals surface area contributed by atoms with Gasteiger partial charge < -0.3 is 0 Å². The number of nitrogens with zero attached hydrogens (tertiary/aromatic N) is 4. The summed E-state index contributed by atoms with van der Waals surface area (Å²) in [6.07, 6.45) is 7.03. The molecule has 1 saturated heterocycles. The summed E-state index contributed by atoms with van der Waals surface area (Å²) in [5.41, 5.74) is 4.60. The highest BCUT2D eigenvalue weighted by atomic mass is 16.1. The number of rotatable bonds is 6. The lowest BCUT2D eigenvalue weighted by molar-refractivity contribution is -0.113. The van der Waals surface area contributed by atoms with Gasteiger partial charge in [-0.2, -0.15) is 0 Å². The van der Waals surface area contributed by atoms with E-state index in [-0.39, 0.29) is 5.78 Å². The van der Waals surface area contributed by atoms with E-state index in [0.717, 1.165) is 40.9 Å².